The van der Waals surface area contributed by atoms with Gasteiger partial charge in [0.25, 0.3) is 0 Å². The maximum Gasteiger partial charge on any atom is 0.123 e. The molecular weight excluding hydrogens is 289 g/mol. The van der Waals surface area contributed by atoms with Gasteiger partial charge in [0.15, 0.2) is 0 Å². The lowest BCUT2D eigenvalue weighted by molar-refractivity contribution is 0.628. The van der Waals surface area contributed by atoms with Crippen molar-refractivity contribution in [2.75, 3.05) is 0 Å². The van der Waals surface area contributed by atoms with Crippen LogP contribution in [0.4, 0.5) is 4.39 Å². The van der Waals surface area contributed by atoms with Gasteiger partial charge in [-0.05, 0) is 42.5 Å². The van der Waals surface area contributed by atoms with Gasteiger partial charge in [0.1, 0.15) is 12.1 Å². The highest BCUT2D eigenvalue weighted by molar-refractivity contribution is 5.79. The molecule has 0 unspecified atom stereocenters. The number of aromatic nitrogens is 3. The second-order valence-electron chi connectivity index (χ2n) is 5.25. The number of benzene rings is 2. The predicted octanol–water partition coefficient (Wildman–Crippen LogP) is 4.67. The van der Waals surface area contributed by atoms with Gasteiger partial charge >= 0.3 is 0 Å². The van der Waals surface area contributed by atoms with Crippen LogP contribution >= 0.6 is 0 Å². The van der Waals surface area contributed by atoms with Crippen LogP contribution in [0.3, 0.4) is 0 Å². The van der Waals surface area contributed by atoms with Crippen molar-refractivity contribution in [1.82, 2.24) is 14.5 Å². The Kier molecular flexibility index (Phi) is 3.27. The molecule has 0 aliphatic rings. The molecule has 0 aliphatic carbocycles. The van der Waals surface area contributed by atoms with Crippen molar-refractivity contribution in [3.8, 4) is 28.2 Å². The van der Waals surface area contributed by atoms with E-state index in [0.29, 0.717) is 0 Å². The molecule has 3 nitrogen and oxygen atoms in total. The molecule has 0 spiro atoms. The molecule has 0 aliphatic heterocycles. The molecule has 4 rings (SSSR count). The van der Waals surface area contributed by atoms with Gasteiger partial charge in [-0.1, -0.05) is 18.2 Å². The number of hydrogen-bond acceptors (Lipinski definition) is 1. The predicted molar refractivity (Wildman–Crippen MR) is 88.7 cm³/mol. The number of nitrogens with zero attached hydrogens (tertiary/aromatic N) is 2. The third kappa shape index (κ3) is 2.44. The molecule has 0 bridgehead atoms. The van der Waals surface area contributed by atoms with Crippen LogP contribution in [0.2, 0.25) is 0 Å². The molecule has 0 amide bonds. The summed E-state index contributed by atoms with van der Waals surface area (Å²) in [6.07, 6.45) is 5.62. The van der Waals surface area contributed by atoms with E-state index in [9.17, 15) is 4.39 Å². The molecule has 0 radical (unpaired) electrons. The molecule has 4 heteroatoms. The fourth-order valence-electron chi connectivity index (χ4n) is 2.70. The third-order valence-corrected chi connectivity index (χ3v) is 3.79. The van der Waals surface area contributed by atoms with E-state index in [2.05, 4.69) is 9.97 Å². The van der Waals surface area contributed by atoms with Crippen molar-refractivity contribution in [3.05, 3.63) is 85.2 Å². The van der Waals surface area contributed by atoms with E-state index < -0.39 is 0 Å². The lowest BCUT2D eigenvalue weighted by Gasteiger charge is -2.09. The zero-order valence-corrected chi connectivity index (χ0v) is 12.3. The third-order valence-electron chi connectivity index (χ3n) is 3.79. The quantitative estimate of drug-likeness (QED) is 0.586. The van der Waals surface area contributed by atoms with Gasteiger partial charge in [0, 0.05) is 29.2 Å². The van der Waals surface area contributed by atoms with E-state index in [4.69, 9.17) is 0 Å². The standard InChI is InChI=1S/C19H14FN3/c20-16-8-6-14(7-9-16)18-19(15-10-11-21-12-15)23(13-22-18)17-4-2-1-3-5-17/h1-13,21H. The fourth-order valence-corrected chi connectivity index (χ4v) is 2.70. The summed E-state index contributed by atoms with van der Waals surface area (Å²) in [6, 6.07) is 18.5. The Morgan fingerprint density at radius 2 is 1.65 bits per heavy atom. The molecule has 4 aromatic rings. The molecule has 0 fully saturated rings. The van der Waals surface area contributed by atoms with Crippen LogP contribution in [-0.4, -0.2) is 14.5 Å². The first-order chi connectivity index (χ1) is 11.3. The molecule has 0 atom stereocenters. The minimum atomic E-state index is -0.251. The smallest absolute Gasteiger partial charge is 0.123 e. The summed E-state index contributed by atoms with van der Waals surface area (Å²) in [5.74, 6) is -0.251. The second kappa shape index (κ2) is 5.57. The number of rotatable bonds is 3. The average Bonchev–Trinajstić information content (AvgIpc) is 3.25. The van der Waals surface area contributed by atoms with Crippen molar-refractivity contribution < 1.29 is 4.39 Å². The molecule has 112 valence electrons. The van der Waals surface area contributed by atoms with Gasteiger partial charge < -0.3 is 4.98 Å². The van der Waals surface area contributed by atoms with E-state index in [1.165, 1.54) is 12.1 Å². The molecule has 0 saturated carbocycles. The van der Waals surface area contributed by atoms with Crippen LogP contribution in [0.5, 0.6) is 0 Å². The van der Waals surface area contributed by atoms with E-state index in [1.807, 2.05) is 53.4 Å². The molecule has 2 aromatic heterocycles. The van der Waals surface area contributed by atoms with Gasteiger partial charge in [-0.25, -0.2) is 9.37 Å². The highest BCUT2D eigenvalue weighted by Crippen LogP contribution is 2.33. The maximum atomic E-state index is 13.2. The topological polar surface area (TPSA) is 33.6 Å². The first kappa shape index (κ1) is 13.5. The van der Waals surface area contributed by atoms with Crippen LogP contribution in [0.15, 0.2) is 79.4 Å². The molecule has 0 saturated heterocycles. The average molecular weight is 303 g/mol. The summed E-state index contributed by atoms with van der Waals surface area (Å²) in [5.41, 5.74) is 4.75. The van der Waals surface area contributed by atoms with Gasteiger partial charge in [0.05, 0.1) is 11.4 Å². The van der Waals surface area contributed by atoms with Crippen molar-refractivity contribution >= 4 is 0 Å². The molecule has 2 heterocycles. The summed E-state index contributed by atoms with van der Waals surface area (Å²) in [4.78, 5) is 7.66. The first-order valence-corrected chi connectivity index (χ1v) is 7.35. The zero-order valence-electron chi connectivity index (χ0n) is 12.3. The number of hydrogen-bond donors (Lipinski definition) is 1. The van der Waals surface area contributed by atoms with Crippen LogP contribution in [0.1, 0.15) is 0 Å². The molecular formula is C19H14FN3. The SMILES string of the molecule is Fc1ccc(-c2ncn(-c3ccccc3)c2-c2cc[nH]c2)cc1. The lowest BCUT2D eigenvalue weighted by Crippen LogP contribution is -1.95. The first-order valence-electron chi connectivity index (χ1n) is 7.35. The molecule has 23 heavy (non-hydrogen) atoms. The van der Waals surface area contributed by atoms with E-state index in [-0.39, 0.29) is 5.82 Å². The maximum absolute atomic E-state index is 13.2. The van der Waals surface area contributed by atoms with E-state index >= 15 is 0 Å². The van der Waals surface area contributed by atoms with E-state index in [0.717, 1.165) is 28.2 Å². The summed E-state index contributed by atoms with van der Waals surface area (Å²) in [6.45, 7) is 0. The monoisotopic (exact) mass is 303 g/mol. The van der Waals surface area contributed by atoms with Crippen LogP contribution in [0, 0.1) is 5.82 Å². The normalized spacial score (nSPS) is 10.8. The Balaban J connectivity index is 1.94. The lowest BCUT2D eigenvalue weighted by atomic mass is 10.1. The van der Waals surface area contributed by atoms with Crippen LogP contribution < -0.4 is 0 Å². The van der Waals surface area contributed by atoms with Crippen LogP contribution in [0.25, 0.3) is 28.2 Å². The van der Waals surface area contributed by atoms with E-state index in [1.54, 1.807) is 18.5 Å². The molecule has 2 aromatic carbocycles. The van der Waals surface area contributed by atoms with Gasteiger partial charge in [-0.15, -0.1) is 0 Å². The van der Waals surface area contributed by atoms with Crippen LogP contribution in [-0.2, 0) is 0 Å². The van der Waals surface area contributed by atoms with Gasteiger partial charge in [-0.3, -0.25) is 4.57 Å². The summed E-state index contributed by atoms with van der Waals surface area (Å²) >= 11 is 0. The number of nitrogens with one attached hydrogen (secondary N) is 1. The number of aromatic amines is 1. The zero-order chi connectivity index (χ0) is 15.6. The highest BCUT2D eigenvalue weighted by Gasteiger charge is 2.16. The Morgan fingerprint density at radius 3 is 2.35 bits per heavy atom. The fraction of sp³-hybridized carbons (Fsp3) is 0. The summed E-state index contributed by atoms with van der Waals surface area (Å²) in [5, 5.41) is 0. The number of imidazole rings is 1. The number of para-hydroxylation sites is 1. The van der Waals surface area contributed by atoms with Crippen molar-refractivity contribution in [1.29, 1.82) is 0 Å². The number of halogens is 1. The van der Waals surface area contributed by atoms with Gasteiger partial charge in [-0.2, -0.15) is 0 Å². The Bertz CT molecular complexity index is 907. The van der Waals surface area contributed by atoms with Gasteiger partial charge in [0.2, 0.25) is 0 Å². The Labute approximate surface area is 133 Å². The van der Waals surface area contributed by atoms with Crippen molar-refractivity contribution in [2.24, 2.45) is 0 Å². The second-order valence-corrected chi connectivity index (χ2v) is 5.25. The minimum Gasteiger partial charge on any atom is -0.367 e. The largest absolute Gasteiger partial charge is 0.367 e. The highest BCUT2D eigenvalue weighted by atomic mass is 19.1. The Morgan fingerprint density at radius 1 is 0.870 bits per heavy atom. The molecule has 1 N–H and O–H groups in total. The number of H-pyrrole nitrogens is 1. The van der Waals surface area contributed by atoms with Crippen molar-refractivity contribution in [2.45, 2.75) is 0 Å². The van der Waals surface area contributed by atoms with Crippen molar-refractivity contribution in [3.63, 3.8) is 0 Å². The minimum absolute atomic E-state index is 0.251. The summed E-state index contributed by atoms with van der Waals surface area (Å²) < 4.78 is 15.3. The Hall–Kier alpha value is -3.14. The summed E-state index contributed by atoms with van der Waals surface area (Å²) in [7, 11) is 0.